The molecule has 1 aromatic carbocycles. The Hall–Kier alpha value is -1.09. The number of hydrogen-bond donors (Lipinski definition) is 1. The Balaban J connectivity index is 2.15. The SMILES string of the molecule is C=C(C)[C@@H]1CC[C@@](O)(COC(C)=O)[C@@H]([Se]c2ccccc2)C1. The number of ether oxygens (including phenoxy) is 1. The molecule has 0 radical (unpaired) electrons. The Morgan fingerprint density at radius 1 is 1.41 bits per heavy atom. The summed E-state index contributed by atoms with van der Waals surface area (Å²) in [5.74, 6) is 0.120. The molecule has 4 heteroatoms. The third-order valence-corrected chi connectivity index (χ3v) is 7.33. The number of esters is 1. The van der Waals surface area contributed by atoms with Gasteiger partial charge in [0.05, 0.1) is 0 Å². The molecule has 22 heavy (non-hydrogen) atoms. The average molecular weight is 367 g/mol. The molecule has 3 nitrogen and oxygen atoms in total. The molecule has 0 amide bonds. The third-order valence-electron chi connectivity index (χ3n) is 4.27. The number of carbonyl (C=O) groups excluding carboxylic acids is 1. The molecule has 3 atom stereocenters. The summed E-state index contributed by atoms with van der Waals surface area (Å²) in [7, 11) is 0. The second-order valence-electron chi connectivity index (χ2n) is 6.12. The van der Waals surface area contributed by atoms with E-state index in [0.717, 1.165) is 12.8 Å². The van der Waals surface area contributed by atoms with Crippen molar-refractivity contribution in [1.29, 1.82) is 0 Å². The molecule has 0 bridgehead atoms. The van der Waals surface area contributed by atoms with Gasteiger partial charge in [0.25, 0.3) is 0 Å². The molecule has 0 aliphatic heterocycles. The monoisotopic (exact) mass is 368 g/mol. The number of rotatable bonds is 5. The average Bonchev–Trinajstić information content (AvgIpc) is 2.48. The first kappa shape index (κ1) is 17.3. The minimum atomic E-state index is -0.909. The number of hydrogen-bond acceptors (Lipinski definition) is 3. The molecular weight excluding hydrogens is 343 g/mol. The van der Waals surface area contributed by atoms with Gasteiger partial charge in [-0.2, -0.15) is 0 Å². The van der Waals surface area contributed by atoms with Crippen molar-refractivity contribution in [1.82, 2.24) is 0 Å². The van der Waals surface area contributed by atoms with E-state index < -0.39 is 5.60 Å². The van der Waals surface area contributed by atoms with Gasteiger partial charge in [-0.15, -0.1) is 0 Å². The molecule has 1 aliphatic rings. The Bertz CT molecular complexity index is 528. The molecule has 0 spiro atoms. The van der Waals surface area contributed by atoms with E-state index in [9.17, 15) is 9.90 Å². The molecule has 0 saturated heterocycles. The number of aliphatic hydroxyl groups is 1. The number of benzene rings is 1. The van der Waals surface area contributed by atoms with Crippen molar-refractivity contribution in [3.8, 4) is 0 Å². The van der Waals surface area contributed by atoms with Crippen LogP contribution < -0.4 is 4.46 Å². The van der Waals surface area contributed by atoms with Crippen molar-refractivity contribution >= 4 is 25.4 Å². The molecule has 0 unspecified atom stereocenters. The zero-order valence-corrected chi connectivity index (χ0v) is 15.0. The standard InChI is InChI=1S/C18H24O3Se/c1-13(2)15-9-10-18(20,12-21-14(3)19)17(11-15)22-16-7-5-4-6-8-16/h4-8,15,17,20H,1,9-12H2,2-3H3/t15-,17+,18-/m1/s1. The van der Waals surface area contributed by atoms with E-state index in [1.165, 1.54) is 17.0 Å². The first-order valence-corrected chi connectivity index (χ1v) is 9.48. The van der Waals surface area contributed by atoms with Gasteiger partial charge in [0.2, 0.25) is 0 Å². The van der Waals surface area contributed by atoms with Crippen molar-refractivity contribution < 1.29 is 14.6 Å². The first-order valence-electron chi connectivity index (χ1n) is 7.63. The Morgan fingerprint density at radius 3 is 2.68 bits per heavy atom. The summed E-state index contributed by atoms with van der Waals surface area (Å²) in [5.41, 5.74) is 0.274. The fourth-order valence-corrected chi connectivity index (χ4v) is 5.73. The van der Waals surface area contributed by atoms with Gasteiger partial charge < -0.3 is 0 Å². The summed E-state index contributed by atoms with van der Waals surface area (Å²) >= 11 is 0.143. The summed E-state index contributed by atoms with van der Waals surface area (Å²) in [6.07, 6.45) is 2.49. The van der Waals surface area contributed by atoms with E-state index >= 15 is 0 Å². The normalized spacial score (nSPS) is 28.1. The van der Waals surface area contributed by atoms with Crippen molar-refractivity contribution in [3.05, 3.63) is 42.5 Å². The molecule has 0 heterocycles. The van der Waals surface area contributed by atoms with E-state index in [2.05, 4.69) is 25.6 Å². The Morgan fingerprint density at radius 2 is 2.09 bits per heavy atom. The van der Waals surface area contributed by atoms with Crippen LogP contribution in [0, 0.1) is 5.92 Å². The van der Waals surface area contributed by atoms with Crippen molar-refractivity contribution in [2.75, 3.05) is 6.61 Å². The van der Waals surface area contributed by atoms with Gasteiger partial charge >= 0.3 is 139 Å². The van der Waals surface area contributed by atoms with Crippen LogP contribution in [-0.2, 0) is 9.53 Å². The van der Waals surface area contributed by atoms with Crippen LogP contribution in [0.3, 0.4) is 0 Å². The van der Waals surface area contributed by atoms with Gasteiger partial charge in [-0.1, -0.05) is 0 Å². The molecule has 1 N–H and O–H groups in total. The predicted octanol–water partition coefficient (Wildman–Crippen LogP) is 2.48. The van der Waals surface area contributed by atoms with E-state index in [0.29, 0.717) is 12.3 Å². The fourth-order valence-electron chi connectivity index (χ4n) is 2.84. The maximum atomic E-state index is 11.1. The number of carbonyl (C=O) groups is 1. The zero-order chi connectivity index (χ0) is 16.2. The van der Waals surface area contributed by atoms with E-state index in [4.69, 9.17) is 4.74 Å². The van der Waals surface area contributed by atoms with Gasteiger partial charge in [0.1, 0.15) is 0 Å². The quantitative estimate of drug-likeness (QED) is 0.494. The summed E-state index contributed by atoms with van der Waals surface area (Å²) < 4.78 is 6.41. The van der Waals surface area contributed by atoms with E-state index in [1.807, 2.05) is 18.2 Å². The second-order valence-corrected chi connectivity index (χ2v) is 8.80. The molecule has 0 aromatic heterocycles. The molecule has 1 aromatic rings. The Labute approximate surface area is 138 Å². The zero-order valence-electron chi connectivity index (χ0n) is 13.2. The molecule has 1 aliphatic carbocycles. The fraction of sp³-hybridized carbons (Fsp3) is 0.500. The summed E-state index contributed by atoms with van der Waals surface area (Å²) in [5, 5.41) is 11.0. The summed E-state index contributed by atoms with van der Waals surface area (Å²) in [6, 6.07) is 10.3. The topological polar surface area (TPSA) is 46.5 Å². The first-order chi connectivity index (χ1) is 10.4. The minimum absolute atomic E-state index is 0.102. The van der Waals surface area contributed by atoms with Crippen LogP contribution in [0.25, 0.3) is 0 Å². The van der Waals surface area contributed by atoms with Gasteiger partial charge in [-0.05, 0) is 0 Å². The van der Waals surface area contributed by atoms with Crippen molar-refractivity contribution in [2.45, 2.75) is 43.5 Å². The van der Waals surface area contributed by atoms with Gasteiger partial charge in [0, 0.05) is 0 Å². The van der Waals surface area contributed by atoms with Gasteiger partial charge in [0.15, 0.2) is 0 Å². The van der Waals surface area contributed by atoms with Gasteiger partial charge in [-0.3, -0.25) is 0 Å². The summed E-state index contributed by atoms with van der Waals surface area (Å²) in [6.45, 7) is 7.64. The summed E-state index contributed by atoms with van der Waals surface area (Å²) in [4.78, 5) is 11.3. The molecule has 120 valence electrons. The van der Waals surface area contributed by atoms with Crippen LogP contribution >= 0.6 is 0 Å². The van der Waals surface area contributed by atoms with Crippen LogP contribution in [0.1, 0.15) is 33.1 Å². The molecule has 1 fully saturated rings. The molecular formula is C18H24O3Se. The molecule has 2 rings (SSSR count). The second kappa shape index (κ2) is 7.45. The predicted molar refractivity (Wildman–Crippen MR) is 89.3 cm³/mol. The van der Waals surface area contributed by atoms with Crippen LogP contribution in [0.2, 0.25) is 4.82 Å². The van der Waals surface area contributed by atoms with Crippen LogP contribution in [0.5, 0.6) is 0 Å². The van der Waals surface area contributed by atoms with E-state index in [1.54, 1.807) is 0 Å². The number of allylic oxidation sites excluding steroid dienone is 1. The van der Waals surface area contributed by atoms with Crippen molar-refractivity contribution in [3.63, 3.8) is 0 Å². The van der Waals surface area contributed by atoms with Crippen LogP contribution in [0.4, 0.5) is 0 Å². The molecule has 1 saturated carbocycles. The van der Waals surface area contributed by atoms with E-state index in [-0.39, 0.29) is 32.3 Å². The van der Waals surface area contributed by atoms with Crippen LogP contribution in [-0.4, -0.2) is 38.2 Å². The maximum absolute atomic E-state index is 11.1. The van der Waals surface area contributed by atoms with Gasteiger partial charge in [-0.25, -0.2) is 0 Å². The van der Waals surface area contributed by atoms with Crippen molar-refractivity contribution in [2.24, 2.45) is 5.92 Å². The third kappa shape index (κ3) is 4.45. The Kier molecular flexibility index (Phi) is 5.85. The van der Waals surface area contributed by atoms with Crippen LogP contribution in [0.15, 0.2) is 42.5 Å².